The molecule has 1 aliphatic rings. The van der Waals surface area contributed by atoms with Crippen LogP contribution in [0.2, 0.25) is 0 Å². The van der Waals surface area contributed by atoms with Crippen molar-refractivity contribution in [2.24, 2.45) is 0 Å². The van der Waals surface area contributed by atoms with Crippen molar-refractivity contribution in [2.45, 2.75) is 182 Å². The van der Waals surface area contributed by atoms with Crippen LogP contribution >= 0.6 is 0 Å². The number of unbranched alkanes of at least 4 members (excludes halogenated alkanes) is 13. The third-order valence-electron chi connectivity index (χ3n) is 9.81. The van der Waals surface area contributed by atoms with E-state index in [1.54, 1.807) is 4.70 Å². The molecule has 0 atom stereocenters. The summed E-state index contributed by atoms with van der Waals surface area (Å²) in [6.07, 6.45) is 30.5. The van der Waals surface area contributed by atoms with Crippen molar-refractivity contribution in [3.8, 4) is 0 Å². The fourth-order valence-electron chi connectivity index (χ4n) is 7.05. The number of nitrogens with zero attached hydrogens (tertiary/aromatic N) is 2. The first-order valence-corrected chi connectivity index (χ1v) is 19.7. The van der Waals surface area contributed by atoms with Gasteiger partial charge in [-0.1, -0.05) is 130 Å². The molecule has 49 heavy (non-hydrogen) atoms. The van der Waals surface area contributed by atoms with Gasteiger partial charge >= 0.3 is 20.4 Å². The number of rotatable bonds is 25. The van der Waals surface area contributed by atoms with Crippen LogP contribution in [0.3, 0.4) is 0 Å². The molecule has 0 spiro atoms. The maximum atomic E-state index is 12.1. The molecule has 0 saturated heterocycles. The van der Waals surface area contributed by atoms with Crippen LogP contribution in [0, 0.1) is 14.9 Å². The van der Waals surface area contributed by atoms with Crippen LogP contribution < -0.4 is 0 Å². The van der Waals surface area contributed by atoms with Gasteiger partial charge in [-0.25, -0.2) is 4.70 Å². The molecule has 2 nitrogen and oxygen atoms in total. The minimum absolute atomic E-state index is 0. The average molecular weight is 762 g/mol. The van der Waals surface area contributed by atoms with E-state index in [2.05, 4.69) is 77.1 Å². The summed E-state index contributed by atoms with van der Waals surface area (Å²) in [5, 5.41) is 0. The Morgan fingerprint density at radius 2 is 0.755 bits per heavy atom. The van der Waals surface area contributed by atoms with Crippen LogP contribution in [0.5, 0.6) is 0 Å². The Kier molecular flexibility index (Phi) is 26.8. The molecule has 0 amide bonds. The number of benzene rings is 2. The van der Waals surface area contributed by atoms with Crippen LogP contribution in [-0.2, 0) is 46.1 Å². The minimum atomic E-state index is 0. The molecule has 0 fully saturated rings. The molecule has 0 saturated carbocycles. The van der Waals surface area contributed by atoms with Gasteiger partial charge in [0.05, 0.1) is 0 Å². The Morgan fingerprint density at radius 1 is 0.429 bits per heavy atom. The van der Waals surface area contributed by atoms with Gasteiger partial charge in [0.2, 0.25) is 11.4 Å². The number of hydrogen-bond donors (Lipinski definition) is 0. The molecule has 2 aromatic carbocycles. The monoisotopic (exact) mass is 760 g/mol. The van der Waals surface area contributed by atoms with E-state index in [0.717, 1.165) is 43.5 Å². The first kappa shape index (κ1) is 47.2. The molecule has 1 aliphatic heterocycles. The Bertz CT molecular complexity index is 1200. The third-order valence-corrected chi connectivity index (χ3v) is 9.81. The van der Waals surface area contributed by atoms with Crippen LogP contribution in [0.4, 0.5) is 0 Å². The quantitative estimate of drug-likeness (QED) is 0.0417. The van der Waals surface area contributed by atoms with E-state index in [9.17, 15) is 5.53 Å². The summed E-state index contributed by atoms with van der Waals surface area (Å²) >= 11 is 0. The molecular formula is C46H74N2Pd. The Morgan fingerprint density at radius 3 is 1.16 bits per heavy atom. The minimum Gasteiger partial charge on any atom is -0.493 e. The second kappa shape index (κ2) is 27.9. The summed E-state index contributed by atoms with van der Waals surface area (Å²) in [5.74, 6) is 0. The fourth-order valence-corrected chi connectivity index (χ4v) is 7.05. The van der Waals surface area contributed by atoms with Gasteiger partial charge < -0.3 is 20.4 Å². The van der Waals surface area contributed by atoms with Crippen molar-refractivity contribution in [3.63, 3.8) is 0 Å². The fraction of sp³-hybridized carbons (Fsp3) is 0.609. The van der Waals surface area contributed by atoms with Gasteiger partial charge in [-0.15, -0.1) is 0 Å². The largest absolute Gasteiger partial charge is 2.00 e. The smallest absolute Gasteiger partial charge is 0.493 e. The summed E-state index contributed by atoms with van der Waals surface area (Å²) in [5.41, 5.74) is 23.5. The van der Waals surface area contributed by atoms with Crippen molar-refractivity contribution < 1.29 is 25.1 Å². The van der Waals surface area contributed by atoms with Gasteiger partial charge in [0, 0.05) is 22.8 Å². The summed E-state index contributed by atoms with van der Waals surface area (Å²) in [7, 11) is 0. The molecule has 0 bridgehead atoms. The van der Waals surface area contributed by atoms with Gasteiger partial charge in [-0.05, 0) is 111 Å². The molecule has 0 unspecified atom stereocenters. The summed E-state index contributed by atoms with van der Waals surface area (Å²) in [4.78, 5) is 0. The molecule has 0 N–H and O–H groups in total. The number of aryl methyl sites for hydroxylation is 4. The van der Waals surface area contributed by atoms with E-state index in [-0.39, 0.29) is 35.3 Å². The van der Waals surface area contributed by atoms with E-state index in [4.69, 9.17) is 0 Å². The molecule has 2 aromatic rings. The van der Waals surface area contributed by atoms with Crippen molar-refractivity contribution in [2.75, 3.05) is 0 Å². The molecule has 3 rings (SSSR count). The summed E-state index contributed by atoms with van der Waals surface area (Å²) in [6, 6.07) is 14.4. The van der Waals surface area contributed by atoms with E-state index in [0.29, 0.717) is 0 Å². The van der Waals surface area contributed by atoms with Crippen LogP contribution in [0.25, 0.3) is 16.9 Å². The SMILES string of the molecule is CCCCCCCCC1=C(c2cc(CCCCC)cc(CCCCC)c2)[N+](=[N-])C(c2cc(CCCCC)cc(CCCCC)c2)=C1.[CH3-].[CH3-].[Pd+2]. The zero-order valence-electron chi connectivity index (χ0n) is 33.0. The molecule has 0 aromatic heterocycles. The van der Waals surface area contributed by atoms with Crippen molar-refractivity contribution in [1.29, 1.82) is 0 Å². The van der Waals surface area contributed by atoms with Gasteiger partial charge in [0.25, 0.3) is 0 Å². The number of hydrogen-bond acceptors (Lipinski definition) is 0. The number of allylic oxidation sites excluding steroid dienone is 2. The molecule has 278 valence electrons. The second-order valence-corrected chi connectivity index (χ2v) is 14.1. The normalized spacial score (nSPS) is 12.4. The van der Waals surface area contributed by atoms with Crippen LogP contribution in [0.1, 0.15) is 190 Å². The standard InChI is InChI=1S/C44H68N2.2CH3.Pd/c1-6-11-16-17-18-23-28-40-35-43(41-31-36(24-19-12-7-2)29-37(32-41)25-20-13-8-3)46(45)44(40)42-33-38(26-21-14-9-4)30-39(34-42)27-22-15-10-5;;;/h29-35H,6-28H2,1-5H3;2*1H3;/q;2*-1;+2. The van der Waals surface area contributed by atoms with Crippen molar-refractivity contribution in [3.05, 3.63) is 102 Å². The maximum Gasteiger partial charge on any atom is 2.00 e. The second-order valence-electron chi connectivity index (χ2n) is 14.1. The van der Waals surface area contributed by atoms with Gasteiger partial charge in [-0.3, -0.25) is 0 Å². The molecule has 0 radical (unpaired) electrons. The van der Waals surface area contributed by atoms with E-state index >= 15 is 0 Å². The topological polar surface area (TPSA) is 25.3 Å². The Hall–Kier alpha value is -1.82. The Balaban J connectivity index is 0.00000768. The third kappa shape index (κ3) is 16.4. The zero-order valence-corrected chi connectivity index (χ0v) is 34.6. The first-order chi connectivity index (χ1) is 22.5. The predicted molar refractivity (Wildman–Crippen MR) is 215 cm³/mol. The average Bonchev–Trinajstić information content (AvgIpc) is 3.38. The van der Waals surface area contributed by atoms with Crippen molar-refractivity contribution in [1.82, 2.24) is 0 Å². The van der Waals surface area contributed by atoms with Gasteiger partial charge in [-0.2, -0.15) is 0 Å². The predicted octanol–water partition coefficient (Wildman–Crippen LogP) is 15.1. The van der Waals surface area contributed by atoms with E-state index in [1.807, 2.05) is 0 Å². The van der Waals surface area contributed by atoms with Crippen LogP contribution in [-0.4, -0.2) is 4.70 Å². The molecule has 0 aliphatic carbocycles. The van der Waals surface area contributed by atoms with Gasteiger partial charge in [0.15, 0.2) is 0 Å². The summed E-state index contributed by atoms with van der Waals surface area (Å²) in [6.45, 7) is 11.4. The molecule has 3 heteroatoms. The zero-order chi connectivity index (χ0) is 33.0. The van der Waals surface area contributed by atoms with Crippen molar-refractivity contribution >= 4 is 11.4 Å². The first-order valence-electron chi connectivity index (χ1n) is 19.7. The van der Waals surface area contributed by atoms with E-state index < -0.39 is 0 Å². The Labute approximate surface area is 319 Å². The van der Waals surface area contributed by atoms with Crippen LogP contribution in [0.15, 0.2) is 48.0 Å². The summed E-state index contributed by atoms with van der Waals surface area (Å²) < 4.78 is 1.58. The van der Waals surface area contributed by atoms with Gasteiger partial charge in [0.1, 0.15) is 0 Å². The maximum absolute atomic E-state index is 12.1. The van der Waals surface area contributed by atoms with E-state index in [1.165, 1.54) is 155 Å². The molecular weight excluding hydrogens is 687 g/mol. The molecule has 1 heterocycles.